The van der Waals surface area contributed by atoms with Crippen LogP contribution in [0.15, 0.2) is 42.6 Å². The van der Waals surface area contributed by atoms with Gasteiger partial charge in [-0.15, -0.1) is 6.58 Å². The van der Waals surface area contributed by atoms with Gasteiger partial charge in [0, 0.05) is 44.9 Å². The first-order chi connectivity index (χ1) is 12.4. The number of non-ortho nitro benzene ring substituents is 1. The van der Waals surface area contributed by atoms with Gasteiger partial charge in [-0.25, -0.2) is 0 Å². The third kappa shape index (κ3) is 3.11. The van der Waals surface area contributed by atoms with Crippen LogP contribution in [0.5, 0.6) is 0 Å². The van der Waals surface area contributed by atoms with Gasteiger partial charge in [0.05, 0.1) is 10.5 Å². The van der Waals surface area contributed by atoms with E-state index < -0.39 is 10.8 Å². The number of hydrogen-bond donors (Lipinski definition) is 0. The van der Waals surface area contributed by atoms with Gasteiger partial charge in [-0.05, 0) is 24.7 Å². The fraction of sp³-hybridized carbons (Fsp3) is 0.333. The highest BCUT2D eigenvalue weighted by Crippen LogP contribution is 2.32. The molecule has 1 aromatic rings. The van der Waals surface area contributed by atoms with E-state index in [-0.39, 0.29) is 18.1 Å². The van der Waals surface area contributed by atoms with E-state index in [1.807, 2.05) is 11.9 Å². The molecule has 1 aromatic carbocycles. The van der Waals surface area contributed by atoms with Crippen molar-refractivity contribution < 1.29 is 14.5 Å². The molecule has 0 aromatic heterocycles. The minimum absolute atomic E-state index is 0.0600. The number of piperazine rings is 1. The largest absolute Gasteiger partial charge is 0.364 e. The number of hydrogen-bond acceptors (Lipinski definition) is 6. The molecule has 2 heterocycles. The van der Waals surface area contributed by atoms with E-state index in [0.29, 0.717) is 29.9 Å². The van der Waals surface area contributed by atoms with Crippen molar-refractivity contribution in [2.45, 2.75) is 0 Å². The normalized spacial score (nSPS) is 18.7. The number of imide groups is 1. The SMILES string of the molecule is C=CCN1C(=O)C(c2ccc([N+](=O)[O-])cc2)=C(N2CCN(C)CC2)C1=O. The zero-order valence-electron chi connectivity index (χ0n) is 14.6. The molecule has 136 valence electrons. The molecule has 0 bridgehead atoms. The molecule has 0 N–H and O–H groups in total. The lowest BCUT2D eigenvalue weighted by molar-refractivity contribution is -0.384. The Morgan fingerprint density at radius 2 is 1.73 bits per heavy atom. The molecule has 0 unspecified atom stereocenters. The van der Waals surface area contributed by atoms with Gasteiger partial charge >= 0.3 is 0 Å². The summed E-state index contributed by atoms with van der Waals surface area (Å²) in [5.41, 5.74) is 1.12. The van der Waals surface area contributed by atoms with Gasteiger partial charge in [-0.2, -0.15) is 0 Å². The van der Waals surface area contributed by atoms with Crippen molar-refractivity contribution >= 4 is 23.1 Å². The van der Waals surface area contributed by atoms with Gasteiger partial charge in [0.25, 0.3) is 17.5 Å². The number of amides is 2. The number of nitro groups is 1. The Hall–Kier alpha value is -3.00. The lowest BCUT2D eigenvalue weighted by Crippen LogP contribution is -2.46. The number of nitrogens with zero attached hydrogens (tertiary/aromatic N) is 4. The molecule has 1 fully saturated rings. The molecular weight excluding hydrogens is 336 g/mol. The van der Waals surface area contributed by atoms with Crippen molar-refractivity contribution in [1.29, 1.82) is 0 Å². The molecule has 8 nitrogen and oxygen atoms in total. The highest BCUT2D eigenvalue weighted by Gasteiger charge is 2.41. The highest BCUT2D eigenvalue weighted by atomic mass is 16.6. The van der Waals surface area contributed by atoms with Crippen LogP contribution in [0, 0.1) is 10.1 Å². The topological polar surface area (TPSA) is 87.0 Å². The third-order valence-corrected chi connectivity index (χ3v) is 4.64. The molecule has 0 spiro atoms. The fourth-order valence-corrected chi connectivity index (χ4v) is 3.19. The number of benzene rings is 1. The van der Waals surface area contributed by atoms with E-state index in [1.165, 1.54) is 30.3 Å². The Labute approximate surface area is 151 Å². The number of carbonyl (C=O) groups is 2. The Morgan fingerprint density at radius 1 is 1.12 bits per heavy atom. The number of carbonyl (C=O) groups excluding carboxylic acids is 2. The molecule has 1 saturated heterocycles. The van der Waals surface area contributed by atoms with Crippen molar-refractivity contribution in [3.63, 3.8) is 0 Å². The first-order valence-electron chi connectivity index (χ1n) is 8.33. The first kappa shape index (κ1) is 17.8. The Morgan fingerprint density at radius 3 is 2.27 bits per heavy atom. The number of nitro benzene ring substituents is 1. The van der Waals surface area contributed by atoms with Crippen LogP contribution in [0.4, 0.5) is 5.69 Å². The molecule has 0 radical (unpaired) electrons. The zero-order chi connectivity index (χ0) is 18.8. The molecule has 0 aliphatic carbocycles. The minimum atomic E-state index is -0.495. The van der Waals surface area contributed by atoms with Gasteiger partial charge in [-0.3, -0.25) is 24.6 Å². The second-order valence-electron chi connectivity index (χ2n) is 6.33. The van der Waals surface area contributed by atoms with Crippen LogP contribution in [0.3, 0.4) is 0 Å². The van der Waals surface area contributed by atoms with Crippen molar-refractivity contribution in [3.8, 4) is 0 Å². The average molecular weight is 356 g/mol. The second kappa shape index (κ2) is 7.09. The summed E-state index contributed by atoms with van der Waals surface area (Å²) in [6.07, 6.45) is 1.51. The first-order valence-corrected chi connectivity index (χ1v) is 8.33. The van der Waals surface area contributed by atoms with Crippen molar-refractivity contribution in [2.75, 3.05) is 39.8 Å². The van der Waals surface area contributed by atoms with Gasteiger partial charge in [0.1, 0.15) is 5.70 Å². The quantitative estimate of drug-likeness (QED) is 0.340. The lowest BCUT2D eigenvalue weighted by Gasteiger charge is -2.34. The molecule has 8 heteroatoms. The monoisotopic (exact) mass is 356 g/mol. The van der Waals surface area contributed by atoms with Gasteiger partial charge in [-0.1, -0.05) is 6.08 Å². The highest BCUT2D eigenvalue weighted by molar-refractivity contribution is 6.35. The molecule has 2 aliphatic rings. The Balaban J connectivity index is 2.04. The van der Waals surface area contributed by atoms with Crippen LogP contribution in [0.1, 0.15) is 5.56 Å². The van der Waals surface area contributed by atoms with E-state index in [4.69, 9.17) is 0 Å². The van der Waals surface area contributed by atoms with Gasteiger partial charge in [0.2, 0.25) is 0 Å². The van der Waals surface area contributed by atoms with Crippen LogP contribution in [-0.2, 0) is 9.59 Å². The summed E-state index contributed by atoms with van der Waals surface area (Å²) in [7, 11) is 2.01. The predicted octanol–water partition coefficient (Wildman–Crippen LogP) is 1.11. The fourth-order valence-electron chi connectivity index (χ4n) is 3.19. The predicted molar refractivity (Wildman–Crippen MR) is 96.0 cm³/mol. The van der Waals surface area contributed by atoms with Crippen LogP contribution in [0.2, 0.25) is 0 Å². The maximum atomic E-state index is 12.9. The summed E-state index contributed by atoms with van der Waals surface area (Å²) < 4.78 is 0. The second-order valence-corrected chi connectivity index (χ2v) is 6.33. The van der Waals surface area contributed by atoms with E-state index in [0.717, 1.165) is 18.0 Å². The standard InChI is InChI=1S/C18H20N4O4/c1-3-8-21-17(23)15(13-4-6-14(7-5-13)22(25)26)16(18(21)24)20-11-9-19(2)10-12-20/h3-7H,1,8-12H2,2H3. The summed E-state index contributed by atoms with van der Waals surface area (Å²) in [6, 6.07) is 5.73. The van der Waals surface area contributed by atoms with Crippen molar-refractivity contribution in [1.82, 2.24) is 14.7 Å². The molecule has 0 atom stereocenters. The van der Waals surface area contributed by atoms with Gasteiger partial charge < -0.3 is 9.80 Å². The average Bonchev–Trinajstić information content (AvgIpc) is 2.87. The van der Waals surface area contributed by atoms with Crippen LogP contribution < -0.4 is 0 Å². The van der Waals surface area contributed by atoms with Crippen LogP contribution in [0.25, 0.3) is 5.57 Å². The third-order valence-electron chi connectivity index (χ3n) is 4.64. The zero-order valence-corrected chi connectivity index (χ0v) is 14.6. The lowest BCUT2D eigenvalue weighted by atomic mass is 10.0. The molecule has 0 saturated carbocycles. The summed E-state index contributed by atoms with van der Waals surface area (Å²) in [5.74, 6) is -0.731. The van der Waals surface area contributed by atoms with Crippen molar-refractivity contribution in [3.05, 3.63) is 58.3 Å². The number of likely N-dealkylation sites (N-methyl/N-ethyl adjacent to an activating group) is 1. The maximum Gasteiger partial charge on any atom is 0.278 e. The summed E-state index contributed by atoms with van der Waals surface area (Å²) in [6.45, 7) is 6.61. The Kier molecular flexibility index (Phi) is 4.85. The minimum Gasteiger partial charge on any atom is -0.364 e. The molecule has 2 aliphatic heterocycles. The molecular formula is C18H20N4O4. The smallest absolute Gasteiger partial charge is 0.278 e. The molecule has 26 heavy (non-hydrogen) atoms. The number of rotatable bonds is 5. The molecule has 2 amide bonds. The Bertz CT molecular complexity index is 792. The summed E-state index contributed by atoms with van der Waals surface area (Å²) in [4.78, 5) is 41.4. The van der Waals surface area contributed by atoms with E-state index in [1.54, 1.807) is 0 Å². The maximum absolute atomic E-state index is 12.9. The van der Waals surface area contributed by atoms with E-state index in [2.05, 4.69) is 11.5 Å². The van der Waals surface area contributed by atoms with Crippen LogP contribution >= 0.6 is 0 Å². The summed E-state index contributed by atoms with van der Waals surface area (Å²) >= 11 is 0. The molecule has 3 rings (SSSR count). The van der Waals surface area contributed by atoms with Crippen LogP contribution in [-0.4, -0.2) is 71.2 Å². The van der Waals surface area contributed by atoms with Gasteiger partial charge in [0.15, 0.2) is 0 Å². The van der Waals surface area contributed by atoms with Crippen molar-refractivity contribution in [2.24, 2.45) is 0 Å². The summed E-state index contributed by atoms with van der Waals surface area (Å²) in [5, 5.41) is 10.9. The van der Waals surface area contributed by atoms with E-state index in [9.17, 15) is 19.7 Å². The van der Waals surface area contributed by atoms with E-state index >= 15 is 0 Å².